The number of likely N-dealkylation sites (tertiary alicyclic amines) is 1. The summed E-state index contributed by atoms with van der Waals surface area (Å²) in [5.41, 5.74) is 1.15. The maximum atomic E-state index is 12.8. The Labute approximate surface area is 176 Å². The number of ether oxygens (including phenoxy) is 3. The molecule has 0 N–H and O–H groups in total. The van der Waals surface area contributed by atoms with E-state index in [1.54, 1.807) is 24.1 Å². The van der Waals surface area contributed by atoms with E-state index in [0.29, 0.717) is 56.0 Å². The average molecular weight is 441 g/mol. The Kier molecular flexibility index (Phi) is 5.78. The molecule has 1 aromatic carbocycles. The largest absolute Gasteiger partial charge is 0.489 e. The number of hydrogen-bond donors (Lipinski definition) is 0. The van der Waals surface area contributed by atoms with Crippen LogP contribution in [0.4, 0.5) is 13.2 Å². The van der Waals surface area contributed by atoms with Crippen LogP contribution in [0.15, 0.2) is 35.7 Å². The first-order valence-corrected chi connectivity index (χ1v) is 10.5. The third-order valence-electron chi connectivity index (χ3n) is 5.61. The molecule has 0 radical (unpaired) electrons. The highest BCUT2D eigenvalue weighted by molar-refractivity contribution is 7.10. The molecule has 2 aliphatic rings. The van der Waals surface area contributed by atoms with Crippen LogP contribution in [0.2, 0.25) is 0 Å². The molecule has 9 heteroatoms. The number of rotatable bonds is 5. The lowest BCUT2D eigenvalue weighted by Crippen LogP contribution is -2.48. The first-order valence-electron chi connectivity index (χ1n) is 9.66. The summed E-state index contributed by atoms with van der Waals surface area (Å²) in [5, 5.41) is 1.38. The third kappa shape index (κ3) is 4.19. The highest BCUT2D eigenvalue weighted by Gasteiger charge is 2.40. The van der Waals surface area contributed by atoms with E-state index in [1.165, 1.54) is 5.38 Å². The molecule has 0 saturated carbocycles. The van der Waals surface area contributed by atoms with Crippen LogP contribution >= 0.6 is 11.3 Å². The number of alkyl halides is 3. The first kappa shape index (κ1) is 21.1. The molecule has 3 heterocycles. The molecule has 4 rings (SSSR count). The van der Waals surface area contributed by atoms with Gasteiger partial charge in [-0.05, 0) is 17.7 Å². The zero-order valence-corrected chi connectivity index (χ0v) is 17.2. The van der Waals surface area contributed by atoms with Gasteiger partial charge in [-0.25, -0.2) is 0 Å². The zero-order chi connectivity index (χ0) is 21.4. The maximum absolute atomic E-state index is 12.8. The van der Waals surface area contributed by atoms with E-state index in [-0.39, 0.29) is 17.8 Å². The minimum absolute atomic E-state index is 0.0637. The van der Waals surface area contributed by atoms with Crippen LogP contribution < -0.4 is 4.74 Å². The van der Waals surface area contributed by atoms with Crippen molar-refractivity contribution in [3.05, 3.63) is 51.7 Å². The maximum Gasteiger partial charge on any atom is 0.425 e. The van der Waals surface area contributed by atoms with E-state index in [0.717, 1.165) is 11.6 Å². The fraction of sp³-hybridized carbons (Fsp3) is 0.476. The van der Waals surface area contributed by atoms with Crippen LogP contribution in [-0.2, 0) is 21.3 Å². The number of piperidine rings is 1. The van der Waals surface area contributed by atoms with Gasteiger partial charge in [-0.15, -0.1) is 11.3 Å². The molecular weight excluding hydrogens is 419 g/mol. The smallest absolute Gasteiger partial charge is 0.425 e. The normalized spacial score (nSPS) is 19.4. The van der Waals surface area contributed by atoms with Gasteiger partial charge in [-0.2, -0.15) is 13.2 Å². The molecule has 162 valence electrons. The summed E-state index contributed by atoms with van der Waals surface area (Å²) < 4.78 is 54.7. The zero-order valence-electron chi connectivity index (χ0n) is 16.4. The number of halogens is 3. The van der Waals surface area contributed by atoms with E-state index in [1.807, 2.05) is 12.1 Å². The Hall–Kier alpha value is -2.10. The second-order valence-corrected chi connectivity index (χ2v) is 8.43. The molecule has 30 heavy (non-hydrogen) atoms. The van der Waals surface area contributed by atoms with Crippen LogP contribution in [0, 0.1) is 0 Å². The fourth-order valence-corrected chi connectivity index (χ4v) is 4.37. The van der Waals surface area contributed by atoms with Crippen molar-refractivity contribution in [3.8, 4) is 5.75 Å². The van der Waals surface area contributed by atoms with Crippen molar-refractivity contribution in [2.75, 3.05) is 33.4 Å². The van der Waals surface area contributed by atoms with Crippen LogP contribution in [0.1, 0.15) is 33.6 Å². The second kappa shape index (κ2) is 8.20. The molecule has 0 spiro atoms. The molecule has 1 amide bonds. The number of amides is 1. The fourth-order valence-electron chi connectivity index (χ4n) is 3.69. The summed E-state index contributed by atoms with van der Waals surface area (Å²) >= 11 is 0.627. The van der Waals surface area contributed by atoms with Gasteiger partial charge in [-0.1, -0.05) is 12.1 Å². The lowest BCUT2D eigenvalue weighted by Gasteiger charge is -2.40. The first-order chi connectivity index (χ1) is 14.3. The topological polar surface area (TPSA) is 48.0 Å². The molecule has 0 atom stereocenters. The van der Waals surface area contributed by atoms with Crippen molar-refractivity contribution in [2.24, 2.45) is 0 Å². The number of methoxy groups -OCH3 is 1. The van der Waals surface area contributed by atoms with E-state index in [2.05, 4.69) is 0 Å². The van der Waals surface area contributed by atoms with Gasteiger partial charge in [-0.3, -0.25) is 4.79 Å². The van der Waals surface area contributed by atoms with Crippen molar-refractivity contribution >= 4 is 17.2 Å². The molecule has 2 aliphatic heterocycles. The van der Waals surface area contributed by atoms with Crippen LogP contribution in [0.5, 0.6) is 5.75 Å². The van der Waals surface area contributed by atoms with Gasteiger partial charge in [0.25, 0.3) is 5.91 Å². The summed E-state index contributed by atoms with van der Waals surface area (Å²) in [7, 11) is 1.65. The Morgan fingerprint density at radius 3 is 2.37 bits per heavy atom. The van der Waals surface area contributed by atoms with Gasteiger partial charge < -0.3 is 19.1 Å². The SMILES string of the molecule is COC1(c2ccc(C(=O)N3CCC(Oc4csc(C(F)(F)F)c4)CC3)cc2)COC1. The lowest BCUT2D eigenvalue weighted by molar-refractivity contribution is -0.202. The molecule has 1 aromatic heterocycles. The van der Waals surface area contributed by atoms with Gasteiger partial charge in [0.2, 0.25) is 0 Å². The van der Waals surface area contributed by atoms with Gasteiger partial charge in [0, 0.05) is 50.1 Å². The summed E-state index contributed by atoms with van der Waals surface area (Å²) in [6, 6.07) is 8.41. The summed E-state index contributed by atoms with van der Waals surface area (Å²) in [4.78, 5) is 13.9. The third-order valence-corrected chi connectivity index (χ3v) is 6.56. The minimum atomic E-state index is -4.35. The Morgan fingerprint density at radius 1 is 1.20 bits per heavy atom. The molecule has 0 aliphatic carbocycles. The van der Waals surface area contributed by atoms with Crippen molar-refractivity contribution in [2.45, 2.75) is 30.7 Å². The van der Waals surface area contributed by atoms with Crippen LogP contribution in [-0.4, -0.2) is 50.3 Å². The minimum Gasteiger partial charge on any atom is -0.489 e. The lowest BCUT2D eigenvalue weighted by atomic mass is 9.91. The Morgan fingerprint density at radius 2 is 1.87 bits per heavy atom. The highest BCUT2D eigenvalue weighted by atomic mass is 32.1. The van der Waals surface area contributed by atoms with Gasteiger partial charge in [0.15, 0.2) is 0 Å². The van der Waals surface area contributed by atoms with E-state index < -0.39 is 16.7 Å². The Balaban J connectivity index is 1.31. The van der Waals surface area contributed by atoms with E-state index in [4.69, 9.17) is 14.2 Å². The molecule has 0 unspecified atom stereocenters. The quantitative estimate of drug-likeness (QED) is 0.693. The molecule has 5 nitrogen and oxygen atoms in total. The molecule has 2 saturated heterocycles. The number of carbonyl (C=O) groups is 1. The van der Waals surface area contributed by atoms with Crippen molar-refractivity contribution in [3.63, 3.8) is 0 Å². The van der Waals surface area contributed by atoms with Crippen molar-refractivity contribution < 1.29 is 32.2 Å². The number of thiophene rings is 1. The number of hydrogen-bond acceptors (Lipinski definition) is 5. The standard InChI is InChI=1S/C21H22F3NO4S/c1-27-20(12-28-13-20)15-4-2-14(3-5-15)19(26)25-8-6-16(7-9-25)29-17-10-18(30-11-17)21(22,23)24/h2-5,10-11,16H,6-9,12-13H2,1H3. The number of benzene rings is 1. The highest BCUT2D eigenvalue weighted by Crippen LogP contribution is 2.37. The van der Waals surface area contributed by atoms with Gasteiger partial charge in [0.05, 0.1) is 13.2 Å². The van der Waals surface area contributed by atoms with Crippen molar-refractivity contribution in [1.82, 2.24) is 4.90 Å². The number of carbonyl (C=O) groups excluding carboxylic acids is 1. The molecule has 2 fully saturated rings. The van der Waals surface area contributed by atoms with Gasteiger partial charge >= 0.3 is 6.18 Å². The predicted molar refractivity (Wildman–Crippen MR) is 105 cm³/mol. The number of nitrogens with zero attached hydrogens (tertiary/aromatic N) is 1. The summed E-state index contributed by atoms with van der Waals surface area (Å²) in [6.45, 7) is 1.99. The predicted octanol–water partition coefficient (Wildman–Crippen LogP) is 4.32. The Bertz CT molecular complexity index is 879. The van der Waals surface area contributed by atoms with Crippen LogP contribution in [0.25, 0.3) is 0 Å². The van der Waals surface area contributed by atoms with E-state index in [9.17, 15) is 18.0 Å². The second-order valence-electron chi connectivity index (χ2n) is 7.52. The van der Waals surface area contributed by atoms with Crippen LogP contribution in [0.3, 0.4) is 0 Å². The monoisotopic (exact) mass is 441 g/mol. The average Bonchev–Trinajstić information content (AvgIpc) is 3.17. The van der Waals surface area contributed by atoms with Gasteiger partial charge in [0.1, 0.15) is 22.3 Å². The van der Waals surface area contributed by atoms with E-state index >= 15 is 0 Å². The molecular formula is C21H22F3NO4S. The summed E-state index contributed by atoms with van der Waals surface area (Å²) in [5.74, 6) is 0.172. The molecule has 0 bridgehead atoms. The van der Waals surface area contributed by atoms with Crippen molar-refractivity contribution in [1.29, 1.82) is 0 Å². The summed E-state index contributed by atoms with van der Waals surface area (Å²) in [6.07, 6.45) is -3.41. The molecule has 2 aromatic rings.